The molecule has 3 heterocycles. The molecule has 4 rings (SSSR count). The van der Waals surface area contributed by atoms with Gasteiger partial charge in [0.25, 0.3) is 11.6 Å². The third-order valence-corrected chi connectivity index (χ3v) is 4.43. The number of benzene rings is 1. The van der Waals surface area contributed by atoms with Gasteiger partial charge in [-0.05, 0) is 31.3 Å². The first kappa shape index (κ1) is 16.3. The monoisotopic (exact) mass is 355 g/mol. The average molecular weight is 355 g/mol. The zero-order valence-electron chi connectivity index (χ0n) is 14.2. The number of hydrogen-bond donors (Lipinski definition) is 0. The molecule has 26 heavy (non-hydrogen) atoms. The molecule has 0 bridgehead atoms. The predicted molar refractivity (Wildman–Crippen MR) is 93.8 cm³/mol. The van der Waals surface area contributed by atoms with Crippen LogP contribution in [0.1, 0.15) is 0 Å². The fourth-order valence-electron chi connectivity index (χ4n) is 2.96. The van der Waals surface area contributed by atoms with Crippen molar-refractivity contribution in [2.45, 2.75) is 0 Å². The van der Waals surface area contributed by atoms with Crippen LogP contribution in [0.5, 0.6) is 0 Å². The topological polar surface area (TPSA) is 102 Å². The third-order valence-electron chi connectivity index (χ3n) is 4.43. The highest BCUT2D eigenvalue weighted by molar-refractivity contribution is 5.71. The number of furan rings is 1. The summed E-state index contributed by atoms with van der Waals surface area (Å²) in [5.41, 5.74) is 1.14. The second kappa shape index (κ2) is 6.60. The van der Waals surface area contributed by atoms with Crippen LogP contribution in [-0.4, -0.2) is 53.2 Å². The third kappa shape index (κ3) is 3.04. The molecule has 0 saturated carbocycles. The molecule has 9 nitrogen and oxygen atoms in total. The highest BCUT2D eigenvalue weighted by Crippen LogP contribution is 2.33. The Balaban J connectivity index is 1.66. The Morgan fingerprint density at radius 2 is 2.00 bits per heavy atom. The van der Waals surface area contributed by atoms with Gasteiger partial charge in [-0.25, -0.2) is 0 Å². The molecule has 1 aromatic carbocycles. The van der Waals surface area contributed by atoms with Crippen LogP contribution in [0, 0.1) is 10.1 Å². The van der Waals surface area contributed by atoms with E-state index in [1.54, 1.807) is 24.3 Å². The molecule has 0 aliphatic carbocycles. The molecular weight excluding hydrogens is 338 g/mol. The highest BCUT2D eigenvalue weighted by atomic mass is 16.6. The zero-order chi connectivity index (χ0) is 18.1. The van der Waals surface area contributed by atoms with Crippen LogP contribution in [-0.2, 0) is 0 Å². The van der Waals surface area contributed by atoms with Crippen molar-refractivity contribution < 1.29 is 13.9 Å². The number of nitro benzene ring substituents is 1. The van der Waals surface area contributed by atoms with Crippen molar-refractivity contribution in [2.75, 3.05) is 38.1 Å². The van der Waals surface area contributed by atoms with Gasteiger partial charge in [-0.3, -0.25) is 10.1 Å². The molecular formula is C17H17N5O4. The Morgan fingerprint density at radius 3 is 2.69 bits per heavy atom. The molecule has 9 heteroatoms. The van der Waals surface area contributed by atoms with Gasteiger partial charge in [0.05, 0.1) is 11.2 Å². The molecule has 1 saturated heterocycles. The lowest BCUT2D eigenvalue weighted by Gasteiger charge is -2.33. The van der Waals surface area contributed by atoms with Crippen LogP contribution in [0.4, 0.5) is 11.4 Å². The van der Waals surface area contributed by atoms with Gasteiger partial charge in [0, 0.05) is 37.8 Å². The second-order valence-corrected chi connectivity index (χ2v) is 6.15. The van der Waals surface area contributed by atoms with Gasteiger partial charge in [-0.2, -0.15) is 4.98 Å². The fraction of sp³-hybridized carbons (Fsp3) is 0.294. The van der Waals surface area contributed by atoms with Gasteiger partial charge in [-0.1, -0.05) is 5.16 Å². The Bertz CT molecular complexity index is 913. The summed E-state index contributed by atoms with van der Waals surface area (Å²) in [6.45, 7) is 3.24. The maximum atomic E-state index is 11.6. The number of hydrogen-bond acceptors (Lipinski definition) is 8. The summed E-state index contributed by atoms with van der Waals surface area (Å²) >= 11 is 0. The number of nitrogens with zero attached hydrogens (tertiary/aromatic N) is 5. The molecule has 0 N–H and O–H groups in total. The van der Waals surface area contributed by atoms with Gasteiger partial charge in [-0.15, -0.1) is 0 Å². The first-order valence-corrected chi connectivity index (χ1v) is 8.22. The van der Waals surface area contributed by atoms with E-state index in [2.05, 4.69) is 15.0 Å². The standard InChI is InChI=1S/C17H17N5O4/c1-20-6-8-21(9-7-20)13-5-4-12(11-14(13)22(23)24)17-18-16(19-26-17)15-3-2-10-25-15/h2-5,10-11H,6-9H2,1H3. The fourth-order valence-corrected chi connectivity index (χ4v) is 2.96. The molecule has 0 amide bonds. The van der Waals surface area contributed by atoms with Crippen molar-refractivity contribution in [3.63, 3.8) is 0 Å². The second-order valence-electron chi connectivity index (χ2n) is 6.15. The lowest BCUT2D eigenvalue weighted by molar-refractivity contribution is -0.384. The van der Waals surface area contributed by atoms with Crippen molar-refractivity contribution in [1.82, 2.24) is 15.0 Å². The van der Waals surface area contributed by atoms with Crippen LogP contribution in [0.2, 0.25) is 0 Å². The molecule has 1 aliphatic heterocycles. The normalized spacial score (nSPS) is 15.3. The van der Waals surface area contributed by atoms with E-state index in [1.807, 2.05) is 11.9 Å². The van der Waals surface area contributed by atoms with Crippen molar-refractivity contribution in [2.24, 2.45) is 0 Å². The maximum Gasteiger partial charge on any atom is 0.293 e. The summed E-state index contributed by atoms with van der Waals surface area (Å²) in [5, 5.41) is 15.5. The summed E-state index contributed by atoms with van der Waals surface area (Å²) in [5.74, 6) is 0.990. The number of anilines is 1. The van der Waals surface area contributed by atoms with Crippen molar-refractivity contribution in [1.29, 1.82) is 0 Å². The van der Waals surface area contributed by atoms with Gasteiger partial charge < -0.3 is 18.7 Å². The molecule has 0 unspecified atom stereocenters. The maximum absolute atomic E-state index is 11.6. The van der Waals surface area contributed by atoms with Crippen molar-refractivity contribution in [3.05, 3.63) is 46.7 Å². The molecule has 2 aromatic heterocycles. The van der Waals surface area contributed by atoms with E-state index in [4.69, 9.17) is 8.94 Å². The van der Waals surface area contributed by atoms with E-state index in [0.29, 0.717) is 22.8 Å². The number of likely N-dealkylation sites (N-methyl/N-ethyl adjacent to an activating group) is 1. The molecule has 0 spiro atoms. The quantitative estimate of drug-likeness (QED) is 0.520. The number of piperazine rings is 1. The van der Waals surface area contributed by atoms with E-state index < -0.39 is 0 Å². The van der Waals surface area contributed by atoms with Crippen LogP contribution >= 0.6 is 0 Å². The van der Waals surface area contributed by atoms with Crippen molar-refractivity contribution >= 4 is 11.4 Å². The summed E-state index contributed by atoms with van der Waals surface area (Å²) in [7, 11) is 2.04. The summed E-state index contributed by atoms with van der Waals surface area (Å²) in [4.78, 5) is 19.7. The Hall–Kier alpha value is -3.20. The molecule has 3 aromatic rings. The predicted octanol–water partition coefficient (Wildman–Crippen LogP) is 2.66. The largest absolute Gasteiger partial charge is 0.461 e. The smallest absolute Gasteiger partial charge is 0.293 e. The van der Waals surface area contributed by atoms with E-state index in [1.165, 1.54) is 12.3 Å². The zero-order valence-corrected chi connectivity index (χ0v) is 14.2. The van der Waals surface area contributed by atoms with Crippen molar-refractivity contribution in [3.8, 4) is 23.0 Å². The van der Waals surface area contributed by atoms with E-state index in [9.17, 15) is 10.1 Å². The lowest BCUT2D eigenvalue weighted by Crippen LogP contribution is -2.44. The van der Waals surface area contributed by atoms with E-state index in [-0.39, 0.29) is 16.5 Å². The lowest BCUT2D eigenvalue weighted by atomic mass is 10.1. The number of rotatable bonds is 4. The minimum absolute atomic E-state index is 0.0322. The molecule has 1 fully saturated rings. The van der Waals surface area contributed by atoms with E-state index in [0.717, 1.165) is 26.2 Å². The first-order chi connectivity index (χ1) is 12.6. The Labute approximate surface area is 149 Å². The van der Waals surface area contributed by atoms with Gasteiger partial charge in [0.15, 0.2) is 5.76 Å². The summed E-state index contributed by atoms with van der Waals surface area (Å²) in [6, 6.07) is 8.43. The minimum Gasteiger partial charge on any atom is -0.461 e. The van der Waals surface area contributed by atoms with Crippen LogP contribution < -0.4 is 4.90 Å². The summed E-state index contributed by atoms with van der Waals surface area (Å²) in [6.07, 6.45) is 1.51. The SMILES string of the molecule is CN1CCN(c2ccc(-c3nc(-c4ccco4)no3)cc2[N+](=O)[O-])CC1. The van der Waals surface area contributed by atoms with Crippen LogP contribution in [0.3, 0.4) is 0 Å². The van der Waals surface area contributed by atoms with Gasteiger partial charge in [0.1, 0.15) is 5.69 Å². The molecule has 1 aliphatic rings. The van der Waals surface area contributed by atoms with Gasteiger partial charge >= 0.3 is 0 Å². The Kier molecular flexibility index (Phi) is 4.13. The molecule has 0 atom stereocenters. The Morgan fingerprint density at radius 1 is 1.19 bits per heavy atom. The number of nitro groups is 1. The average Bonchev–Trinajstić information content (AvgIpc) is 3.33. The first-order valence-electron chi connectivity index (χ1n) is 8.22. The van der Waals surface area contributed by atoms with Gasteiger partial charge in [0.2, 0.25) is 5.82 Å². The van der Waals surface area contributed by atoms with Crippen LogP contribution in [0.15, 0.2) is 45.5 Å². The molecule has 134 valence electrons. The minimum atomic E-state index is -0.374. The van der Waals surface area contributed by atoms with Crippen LogP contribution in [0.25, 0.3) is 23.0 Å². The van der Waals surface area contributed by atoms with E-state index >= 15 is 0 Å². The summed E-state index contributed by atoms with van der Waals surface area (Å²) < 4.78 is 10.5. The molecule has 0 radical (unpaired) electrons. The highest BCUT2D eigenvalue weighted by Gasteiger charge is 2.24. The number of aromatic nitrogens is 2.